The van der Waals surface area contributed by atoms with Gasteiger partial charge < -0.3 is 10.2 Å². The second-order valence-electron chi connectivity index (χ2n) is 2.59. The molecule has 0 aromatic carbocycles. The van der Waals surface area contributed by atoms with Crippen molar-refractivity contribution < 1.29 is 4.42 Å². The highest BCUT2D eigenvalue weighted by Crippen LogP contribution is 2.05. The quantitative estimate of drug-likeness (QED) is 0.699. The topological polar surface area (TPSA) is 52.0 Å². The van der Waals surface area contributed by atoms with Crippen molar-refractivity contribution in [1.82, 2.24) is 4.98 Å². The van der Waals surface area contributed by atoms with Gasteiger partial charge in [0.2, 0.25) is 5.89 Å². The maximum atomic E-state index is 5.32. The van der Waals surface area contributed by atoms with Crippen LogP contribution in [0.3, 0.4) is 0 Å². The minimum absolute atomic E-state index is 0.358. The van der Waals surface area contributed by atoms with Gasteiger partial charge in [0.05, 0.1) is 6.54 Å². The average Bonchev–Trinajstić information content (AvgIpc) is 2.34. The maximum absolute atomic E-state index is 5.32. The van der Waals surface area contributed by atoms with E-state index in [9.17, 15) is 0 Å². The number of nitrogens with two attached hydrogens (primary N) is 1. The highest BCUT2D eigenvalue weighted by molar-refractivity contribution is 5.45. The van der Waals surface area contributed by atoms with Gasteiger partial charge >= 0.3 is 0 Å². The standard InChI is InChI=1S/C8H12N2O/c1-6(2)3-7-5-11-8(4-9)10-7/h3,5H,4,9H2,1-2H3. The van der Waals surface area contributed by atoms with Gasteiger partial charge in [0.25, 0.3) is 0 Å². The van der Waals surface area contributed by atoms with Crippen molar-refractivity contribution in [3.05, 3.63) is 23.4 Å². The summed E-state index contributed by atoms with van der Waals surface area (Å²) in [5.74, 6) is 0.581. The molecular weight excluding hydrogens is 140 g/mol. The molecule has 0 bridgehead atoms. The van der Waals surface area contributed by atoms with Gasteiger partial charge in [-0.25, -0.2) is 4.98 Å². The van der Waals surface area contributed by atoms with E-state index in [1.54, 1.807) is 6.26 Å². The highest BCUT2D eigenvalue weighted by atomic mass is 16.3. The van der Waals surface area contributed by atoms with Gasteiger partial charge in [-0.15, -0.1) is 0 Å². The van der Waals surface area contributed by atoms with Gasteiger partial charge in [-0.05, 0) is 19.9 Å². The van der Waals surface area contributed by atoms with Crippen molar-refractivity contribution in [3.63, 3.8) is 0 Å². The summed E-state index contributed by atoms with van der Waals surface area (Å²) in [6.07, 6.45) is 3.55. The molecule has 2 N–H and O–H groups in total. The fourth-order valence-electron chi connectivity index (χ4n) is 0.781. The van der Waals surface area contributed by atoms with Crippen LogP contribution in [-0.2, 0) is 6.54 Å². The highest BCUT2D eigenvalue weighted by Gasteiger charge is 1.97. The van der Waals surface area contributed by atoms with E-state index in [1.165, 1.54) is 5.57 Å². The lowest BCUT2D eigenvalue weighted by Gasteiger charge is -1.84. The first-order chi connectivity index (χ1) is 5.22. The average molecular weight is 152 g/mol. The van der Waals surface area contributed by atoms with E-state index in [2.05, 4.69) is 4.98 Å². The van der Waals surface area contributed by atoms with Crippen molar-refractivity contribution in [2.45, 2.75) is 20.4 Å². The zero-order valence-electron chi connectivity index (χ0n) is 6.79. The monoisotopic (exact) mass is 152 g/mol. The third-order valence-corrected chi connectivity index (χ3v) is 1.18. The molecule has 0 unspecified atom stereocenters. The molecule has 0 aliphatic carbocycles. The number of aromatic nitrogens is 1. The molecule has 0 amide bonds. The Hall–Kier alpha value is -1.09. The Morgan fingerprint density at radius 2 is 2.45 bits per heavy atom. The molecular formula is C8H12N2O. The van der Waals surface area contributed by atoms with E-state index < -0.39 is 0 Å². The van der Waals surface area contributed by atoms with Crippen LogP contribution in [0.5, 0.6) is 0 Å². The molecule has 3 heteroatoms. The van der Waals surface area contributed by atoms with Crippen LogP contribution in [-0.4, -0.2) is 4.98 Å². The molecule has 3 nitrogen and oxygen atoms in total. The smallest absolute Gasteiger partial charge is 0.208 e. The van der Waals surface area contributed by atoms with E-state index in [0.29, 0.717) is 12.4 Å². The fourth-order valence-corrected chi connectivity index (χ4v) is 0.781. The molecule has 0 atom stereocenters. The Balaban J connectivity index is 2.81. The number of rotatable bonds is 2. The van der Waals surface area contributed by atoms with Crippen molar-refractivity contribution in [1.29, 1.82) is 0 Å². The van der Waals surface area contributed by atoms with Crippen molar-refractivity contribution in [2.75, 3.05) is 0 Å². The van der Waals surface area contributed by atoms with Crippen molar-refractivity contribution in [3.8, 4) is 0 Å². The molecule has 1 heterocycles. The summed E-state index contributed by atoms with van der Waals surface area (Å²) in [4.78, 5) is 4.10. The summed E-state index contributed by atoms with van der Waals surface area (Å²) >= 11 is 0. The molecule has 0 radical (unpaired) electrons. The number of hydrogen-bond donors (Lipinski definition) is 1. The molecule has 1 rings (SSSR count). The zero-order chi connectivity index (χ0) is 8.27. The largest absolute Gasteiger partial charge is 0.447 e. The van der Waals surface area contributed by atoms with E-state index in [1.807, 2.05) is 19.9 Å². The first kappa shape index (κ1) is 8.01. The SMILES string of the molecule is CC(C)=Cc1coc(CN)n1. The van der Waals surface area contributed by atoms with Crippen LogP contribution in [0.25, 0.3) is 6.08 Å². The molecule has 0 aliphatic rings. The Labute approximate surface area is 65.9 Å². The summed E-state index contributed by atoms with van der Waals surface area (Å²) in [5, 5.41) is 0. The van der Waals surface area contributed by atoms with E-state index >= 15 is 0 Å². The molecule has 1 aromatic rings. The van der Waals surface area contributed by atoms with Crippen LogP contribution in [0.4, 0.5) is 0 Å². The number of allylic oxidation sites excluding steroid dienone is 1. The van der Waals surface area contributed by atoms with Gasteiger partial charge in [0, 0.05) is 0 Å². The third kappa shape index (κ3) is 2.20. The van der Waals surface area contributed by atoms with Crippen LogP contribution < -0.4 is 5.73 Å². The summed E-state index contributed by atoms with van der Waals surface area (Å²) in [5.41, 5.74) is 7.35. The summed E-state index contributed by atoms with van der Waals surface area (Å²) in [6, 6.07) is 0. The summed E-state index contributed by atoms with van der Waals surface area (Å²) < 4.78 is 5.03. The first-order valence-electron chi connectivity index (χ1n) is 3.51. The Morgan fingerprint density at radius 1 is 1.73 bits per heavy atom. The lowest BCUT2D eigenvalue weighted by molar-refractivity contribution is 0.497. The lowest BCUT2D eigenvalue weighted by Crippen LogP contribution is -1.95. The van der Waals surface area contributed by atoms with Gasteiger partial charge in [-0.3, -0.25) is 0 Å². The lowest BCUT2D eigenvalue weighted by atomic mass is 10.3. The molecule has 0 aliphatic heterocycles. The minimum atomic E-state index is 0.358. The molecule has 0 saturated carbocycles. The number of hydrogen-bond acceptors (Lipinski definition) is 3. The maximum Gasteiger partial charge on any atom is 0.208 e. The van der Waals surface area contributed by atoms with Crippen LogP contribution >= 0.6 is 0 Å². The normalized spacial score (nSPS) is 9.73. The van der Waals surface area contributed by atoms with Crippen LogP contribution in [0.1, 0.15) is 25.4 Å². The third-order valence-electron chi connectivity index (χ3n) is 1.18. The van der Waals surface area contributed by atoms with E-state index in [4.69, 9.17) is 10.2 Å². The van der Waals surface area contributed by atoms with Crippen LogP contribution in [0, 0.1) is 0 Å². The summed E-state index contributed by atoms with van der Waals surface area (Å²) in [7, 11) is 0. The van der Waals surface area contributed by atoms with Crippen molar-refractivity contribution >= 4 is 6.08 Å². The van der Waals surface area contributed by atoms with Crippen molar-refractivity contribution in [2.24, 2.45) is 5.73 Å². The Bertz CT molecular complexity index is 259. The molecule has 0 fully saturated rings. The van der Waals surface area contributed by atoms with Crippen LogP contribution in [0.15, 0.2) is 16.3 Å². The van der Waals surface area contributed by atoms with Gasteiger partial charge in [-0.1, -0.05) is 5.57 Å². The van der Waals surface area contributed by atoms with Gasteiger partial charge in [0.1, 0.15) is 12.0 Å². The van der Waals surface area contributed by atoms with E-state index in [0.717, 1.165) is 5.69 Å². The van der Waals surface area contributed by atoms with Gasteiger partial charge in [-0.2, -0.15) is 0 Å². The fraction of sp³-hybridized carbons (Fsp3) is 0.375. The van der Waals surface area contributed by atoms with Crippen LogP contribution in [0.2, 0.25) is 0 Å². The molecule has 1 aromatic heterocycles. The Morgan fingerprint density at radius 3 is 2.91 bits per heavy atom. The predicted molar refractivity (Wildman–Crippen MR) is 43.7 cm³/mol. The molecule has 60 valence electrons. The molecule has 11 heavy (non-hydrogen) atoms. The van der Waals surface area contributed by atoms with E-state index in [-0.39, 0.29) is 0 Å². The molecule has 0 saturated heterocycles. The zero-order valence-corrected chi connectivity index (χ0v) is 6.79. The molecule has 0 spiro atoms. The second-order valence-corrected chi connectivity index (χ2v) is 2.59. The minimum Gasteiger partial charge on any atom is -0.447 e. The Kier molecular flexibility index (Phi) is 2.44. The van der Waals surface area contributed by atoms with Gasteiger partial charge in [0.15, 0.2) is 0 Å². The predicted octanol–water partition coefficient (Wildman–Crippen LogP) is 1.56. The number of nitrogens with zero attached hydrogens (tertiary/aromatic N) is 1. The first-order valence-corrected chi connectivity index (χ1v) is 3.51. The number of oxazole rings is 1. The second kappa shape index (κ2) is 3.34. The summed E-state index contributed by atoms with van der Waals surface area (Å²) in [6.45, 7) is 4.38.